The second-order valence-corrected chi connectivity index (χ2v) is 6.62. The monoisotopic (exact) mass is 396 g/mol. The van der Waals surface area contributed by atoms with Gasteiger partial charge >= 0.3 is 0 Å². The van der Waals surface area contributed by atoms with Crippen LogP contribution in [0.25, 0.3) is 0 Å². The zero-order valence-electron chi connectivity index (χ0n) is 13.8. The molecule has 0 saturated heterocycles. The molecule has 2 aromatic carbocycles. The Morgan fingerprint density at radius 1 is 1.16 bits per heavy atom. The minimum absolute atomic E-state index is 0.127. The number of anilines is 1. The van der Waals surface area contributed by atoms with Crippen molar-refractivity contribution >= 4 is 52.1 Å². The summed E-state index contributed by atoms with van der Waals surface area (Å²) in [6.07, 6.45) is 1.04. The standard InChI is InChI=1S/C18H18Cl2N2O2S/c1-3-11(2)24-14-7-4-12(5-8-14)17(23)22-18(25)21-13-6-9-15(19)16(20)10-13/h4-11H,3H2,1-2H3,(H2,21,22,23,25). The first-order chi connectivity index (χ1) is 11.9. The van der Waals surface area contributed by atoms with Crippen molar-refractivity contribution in [2.24, 2.45) is 0 Å². The molecule has 1 amide bonds. The Morgan fingerprint density at radius 3 is 2.44 bits per heavy atom. The van der Waals surface area contributed by atoms with Crippen LogP contribution in [-0.2, 0) is 0 Å². The van der Waals surface area contributed by atoms with Crippen molar-refractivity contribution in [2.45, 2.75) is 26.4 Å². The number of ether oxygens (including phenoxy) is 1. The number of hydrogen-bond donors (Lipinski definition) is 2. The van der Waals surface area contributed by atoms with Crippen LogP contribution in [0.5, 0.6) is 5.75 Å². The van der Waals surface area contributed by atoms with Crippen LogP contribution in [0.15, 0.2) is 42.5 Å². The molecule has 7 heteroatoms. The lowest BCUT2D eigenvalue weighted by Gasteiger charge is -2.13. The minimum atomic E-state index is -0.312. The van der Waals surface area contributed by atoms with E-state index < -0.39 is 0 Å². The van der Waals surface area contributed by atoms with Gasteiger partial charge in [0, 0.05) is 11.3 Å². The summed E-state index contributed by atoms with van der Waals surface area (Å²) < 4.78 is 5.69. The van der Waals surface area contributed by atoms with E-state index in [1.807, 2.05) is 13.8 Å². The largest absolute Gasteiger partial charge is 0.491 e. The molecule has 4 nitrogen and oxygen atoms in total. The maximum Gasteiger partial charge on any atom is 0.257 e. The second kappa shape index (κ2) is 9.04. The average Bonchev–Trinajstić information content (AvgIpc) is 2.58. The smallest absolute Gasteiger partial charge is 0.257 e. The number of carbonyl (C=O) groups excluding carboxylic acids is 1. The third-order valence-electron chi connectivity index (χ3n) is 3.43. The highest BCUT2D eigenvalue weighted by atomic mass is 35.5. The molecular formula is C18H18Cl2N2O2S. The lowest BCUT2D eigenvalue weighted by atomic mass is 10.2. The quantitative estimate of drug-likeness (QED) is 0.673. The molecule has 0 aliphatic heterocycles. The molecule has 1 unspecified atom stereocenters. The average molecular weight is 397 g/mol. The van der Waals surface area contributed by atoms with Gasteiger partial charge in [-0.15, -0.1) is 0 Å². The van der Waals surface area contributed by atoms with E-state index in [4.69, 9.17) is 40.2 Å². The van der Waals surface area contributed by atoms with E-state index in [0.29, 0.717) is 21.3 Å². The number of carbonyl (C=O) groups is 1. The molecule has 0 aliphatic carbocycles. The summed E-state index contributed by atoms with van der Waals surface area (Å²) >= 11 is 17.0. The van der Waals surface area contributed by atoms with Crippen molar-refractivity contribution in [3.63, 3.8) is 0 Å². The first-order valence-corrected chi connectivity index (χ1v) is 8.89. The Balaban J connectivity index is 1.94. The van der Waals surface area contributed by atoms with E-state index in [9.17, 15) is 4.79 Å². The molecule has 2 N–H and O–H groups in total. The highest BCUT2D eigenvalue weighted by Gasteiger charge is 2.09. The number of benzene rings is 2. The molecule has 2 aromatic rings. The van der Waals surface area contributed by atoms with Gasteiger partial charge in [0.15, 0.2) is 5.11 Å². The molecule has 0 spiro atoms. The third-order valence-corrected chi connectivity index (χ3v) is 4.38. The number of amides is 1. The highest BCUT2D eigenvalue weighted by molar-refractivity contribution is 7.80. The maximum absolute atomic E-state index is 12.2. The molecule has 0 fully saturated rings. The molecule has 0 bridgehead atoms. The molecule has 0 aliphatic rings. The lowest BCUT2D eigenvalue weighted by molar-refractivity contribution is 0.0977. The van der Waals surface area contributed by atoms with Gasteiger partial charge in [-0.2, -0.15) is 0 Å². The zero-order chi connectivity index (χ0) is 18.4. The van der Waals surface area contributed by atoms with Crippen LogP contribution in [-0.4, -0.2) is 17.1 Å². The van der Waals surface area contributed by atoms with Gasteiger partial charge in [-0.05, 0) is 68.0 Å². The van der Waals surface area contributed by atoms with Gasteiger partial charge in [0.25, 0.3) is 5.91 Å². The molecule has 132 valence electrons. The van der Waals surface area contributed by atoms with Gasteiger partial charge in [0.1, 0.15) is 5.75 Å². The normalized spacial score (nSPS) is 11.5. The molecule has 0 radical (unpaired) electrons. The molecule has 25 heavy (non-hydrogen) atoms. The number of rotatable bonds is 5. The second-order valence-electron chi connectivity index (χ2n) is 5.40. The molecule has 0 heterocycles. The minimum Gasteiger partial charge on any atom is -0.491 e. The van der Waals surface area contributed by atoms with Gasteiger partial charge in [0.05, 0.1) is 16.1 Å². The van der Waals surface area contributed by atoms with Crippen molar-refractivity contribution < 1.29 is 9.53 Å². The lowest BCUT2D eigenvalue weighted by Crippen LogP contribution is -2.34. The van der Waals surface area contributed by atoms with Gasteiger partial charge in [0.2, 0.25) is 0 Å². The number of nitrogens with one attached hydrogen (secondary N) is 2. The van der Waals surface area contributed by atoms with E-state index >= 15 is 0 Å². The molecule has 0 saturated carbocycles. The van der Waals surface area contributed by atoms with Crippen molar-refractivity contribution in [1.29, 1.82) is 0 Å². The fraction of sp³-hybridized carbons (Fsp3) is 0.222. The van der Waals surface area contributed by atoms with Gasteiger partial charge < -0.3 is 10.1 Å². The highest BCUT2D eigenvalue weighted by Crippen LogP contribution is 2.25. The van der Waals surface area contributed by atoms with Crippen LogP contribution in [0.1, 0.15) is 30.6 Å². The molecular weight excluding hydrogens is 379 g/mol. The predicted molar refractivity (Wildman–Crippen MR) is 107 cm³/mol. The first kappa shape index (κ1) is 19.5. The van der Waals surface area contributed by atoms with Crippen LogP contribution in [0.4, 0.5) is 5.69 Å². The van der Waals surface area contributed by atoms with Crippen molar-refractivity contribution in [3.05, 3.63) is 58.1 Å². The summed E-state index contributed by atoms with van der Waals surface area (Å²) in [4.78, 5) is 12.2. The summed E-state index contributed by atoms with van der Waals surface area (Å²) in [5, 5.41) is 6.52. The molecule has 2 rings (SSSR count). The molecule has 0 aromatic heterocycles. The van der Waals surface area contributed by atoms with Crippen LogP contribution < -0.4 is 15.4 Å². The maximum atomic E-state index is 12.2. The first-order valence-electron chi connectivity index (χ1n) is 7.73. The summed E-state index contributed by atoms with van der Waals surface area (Å²) in [6.45, 7) is 4.04. The van der Waals surface area contributed by atoms with Gasteiger partial charge in [-0.1, -0.05) is 30.1 Å². The van der Waals surface area contributed by atoms with E-state index in [2.05, 4.69) is 10.6 Å². The van der Waals surface area contributed by atoms with Crippen LogP contribution in [0.3, 0.4) is 0 Å². The summed E-state index contributed by atoms with van der Waals surface area (Å²) in [5.41, 5.74) is 1.12. The fourth-order valence-electron chi connectivity index (χ4n) is 1.91. The van der Waals surface area contributed by atoms with Crippen LogP contribution >= 0.6 is 35.4 Å². The van der Waals surface area contributed by atoms with Crippen molar-refractivity contribution in [1.82, 2.24) is 5.32 Å². The summed E-state index contributed by atoms with van der Waals surface area (Å²) in [7, 11) is 0. The number of halogens is 2. The van der Waals surface area contributed by atoms with Crippen LogP contribution in [0.2, 0.25) is 10.0 Å². The van der Waals surface area contributed by atoms with Crippen molar-refractivity contribution in [3.8, 4) is 5.75 Å². The van der Waals surface area contributed by atoms with Crippen LogP contribution in [0, 0.1) is 0 Å². The Kier molecular flexibility index (Phi) is 7.05. The Bertz CT molecular complexity index is 766. The van der Waals surface area contributed by atoms with E-state index in [1.165, 1.54) is 0 Å². The van der Waals surface area contributed by atoms with Crippen molar-refractivity contribution in [2.75, 3.05) is 5.32 Å². The number of thiocarbonyl (C=S) groups is 1. The van der Waals surface area contributed by atoms with Gasteiger partial charge in [-0.25, -0.2) is 0 Å². The summed E-state index contributed by atoms with van der Waals surface area (Å²) in [6, 6.07) is 11.9. The number of hydrogen-bond acceptors (Lipinski definition) is 3. The fourth-order valence-corrected chi connectivity index (χ4v) is 2.42. The summed E-state index contributed by atoms with van der Waals surface area (Å²) in [5.74, 6) is 0.412. The Hall–Kier alpha value is -1.82. The van der Waals surface area contributed by atoms with E-state index in [0.717, 1.165) is 12.2 Å². The third kappa shape index (κ3) is 5.88. The topological polar surface area (TPSA) is 50.4 Å². The Morgan fingerprint density at radius 2 is 1.84 bits per heavy atom. The van der Waals surface area contributed by atoms with E-state index in [1.54, 1.807) is 42.5 Å². The Labute approximate surface area is 162 Å². The van der Waals surface area contributed by atoms with Gasteiger partial charge in [-0.3, -0.25) is 10.1 Å². The zero-order valence-corrected chi connectivity index (χ0v) is 16.1. The SMILES string of the molecule is CCC(C)Oc1ccc(C(=O)NC(=S)Nc2ccc(Cl)c(Cl)c2)cc1. The predicted octanol–water partition coefficient (Wildman–Crippen LogP) is 5.30. The molecule has 1 atom stereocenters. The van der Waals surface area contributed by atoms with E-state index in [-0.39, 0.29) is 17.1 Å².